The highest BCUT2D eigenvalue weighted by Crippen LogP contribution is 2.24. The van der Waals surface area contributed by atoms with E-state index in [4.69, 9.17) is 16.3 Å². The van der Waals surface area contributed by atoms with Crippen molar-refractivity contribution in [3.05, 3.63) is 29.3 Å². The maximum absolute atomic E-state index is 12.8. The highest BCUT2D eigenvalue weighted by atomic mass is 35.5. The van der Waals surface area contributed by atoms with Gasteiger partial charge in [-0.3, -0.25) is 9.69 Å². The maximum atomic E-state index is 12.8. The molecule has 0 saturated carbocycles. The number of morpholine rings is 1. The van der Waals surface area contributed by atoms with Crippen LogP contribution in [0.5, 0.6) is 0 Å². The molecule has 2 heterocycles. The quantitative estimate of drug-likeness (QED) is 0.666. The molecule has 156 valence electrons. The summed E-state index contributed by atoms with van der Waals surface area (Å²) in [6.45, 7) is 5.62. The summed E-state index contributed by atoms with van der Waals surface area (Å²) in [5, 5.41) is 3.47. The topological polar surface area (TPSA) is 79.0 Å². The van der Waals surface area contributed by atoms with E-state index < -0.39 is 10.0 Å². The number of piperidine rings is 1. The van der Waals surface area contributed by atoms with Gasteiger partial charge < -0.3 is 10.1 Å². The molecular formula is C19H28ClN3O4S. The fourth-order valence-electron chi connectivity index (χ4n) is 3.61. The molecule has 9 heteroatoms. The molecule has 0 radical (unpaired) electrons. The number of benzene rings is 1. The number of carbonyl (C=O) groups excluding carboxylic acids is 1. The Morgan fingerprint density at radius 1 is 1.18 bits per heavy atom. The Kier molecular flexibility index (Phi) is 7.70. The number of amides is 1. The number of hydrogen-bond donors (Lipinski definition) is 1. The van der Waals surface area contributed by atoms with Crippen LogP contribution in [-0.4, -0.2) is 76.0 Å². The number of carbonyl (C=O) groups is 1. The van der Waals surface area contributed by atoms with E-state index in [0.717, 1.165) is 39.3 Å². The lowest BCUT2D eigenvalue weighted by Crippen LogP contribution is -2.45. The zero-order valence-electron chi connectivity index (χ0n) is 16.0. The molecule has 2 aliphatic heterocycles. The van der Waals surface area contributed by atoms with Crippen molar-refractivity contribution in [1.29, 1.82) is 0 Å². The van der Waals surface area contributed by atoms with E-state index in [2.05, 4.69) is 10.2 Å². The average molecular weight is 430 g/mol. The molecule has 2 aliphatic rings. The molecular weight excluding hydrogens is 402 g/mol. The predicted molar refractivity (Wildman–Crippen MR) is 108 cm³/mol. The van der Waals surface area contributed by atoms with Gasteiger partial charge in [0.25, 0.3) is 0 Å². The van der Waals surface area contributed by atoms with Crippen molar-refractivity contribution in [3.63, 3.8) is 0 Å². The first kappa shape index (κ1) is 21.5. The van der Waals surface area contributed by atoms with Gasteiger partial charge in [0, 0.05) is 37.7 Å². The molecule has 0 aromatic heterocycles. The molecule has 1 aromatic rings. The second-order valence-electron chi connectivity index (χ2n) is 7.25. The van der Waals surface area contributed by atoms with Crippen molar-refractivity contribution >= 4 is 27.5 Å². The second-order valence-corrected chi connectivity index (χ2v) is 9.63. The minimum Gasteiger partial charge on any atom is -0.379 e. The summed E-state index contributed by atoms with van der Waals surface area (Å²) < 4.78 is 32.4. The summed E-state index contributed by atoms with van der Waals surface area (Å²) in [5.74, 6) is -0.364. The molecule has 7 nitrogen and oxygen atoms in total. The lowest BCUT2D eigenvalue weighted by molar-refractivity contribution is -0.126. The standard InChI is InChI=1S/C19H28ClN3O4S/c20-17-4-6-18(7-5-17)28(25,26)23-10-1-3-16(15-23)19(24)21-8-2-9-22-11-13-27-14-12-22/h4-7,16H,1-3,8-15H2,(H,21,24)/t16-/m0/s1. The fourth-order valence-corrected chi connectivity index (χ4v) is 5.26. The van der Waals surface area contributed by atoms with E-state index >= 15 is 0 Å². The summed E-state index contributed by atoms with van der Waals surface area (Å²) in [6, 6.07) is 6.15. The smallest absolute Gasteiger partial charge is 0.243 e. The van der Waals surface area contributed by atoms with Gasteiger partial charge in [-0.15, -0.1) is 0 Å². The number of ether oxygens (including phenoxy) is 1. The number of nitrogens with one attached hydrogen (secondary N) is 1. The summed E-state index contributed by atoms with van der Waals surface area (Å²) in [5.41, 5.74) is 0. The lowest BCUT2D eigenvalue weighted by Gasteiger charge is -2.31. The molecule has 1 aromatic carbocycles. The molecule has 28 heavy (non-hydrogen) atoms. The van der Waals surface area contributed by atoms with Crippen LogP contribution < -0.4 is 5.32 Å². The van der Waals surface area contributed by atoms with Gasteiger partial charge in [0.15, 0.2) is 0 Å². The zero-order valence-corrected chi connectivity index (χ0v) is 17.6. The highest BCUT2D eigenvalue weighted by Gasteiger charge is 2.33. The number of halogens is 1. The molecule has 1 atom stereocenters. The minimum absolute atomic E-state index is 0.0574. The number of rotatable bonds is 7. The Labute approximate surface area is 172 Å². The van der Waals surface area contributed by atoms with E-state index in [-0.39, 0.29) is 23.3 Å². The number of sulfonamides is 1. The highest BCUT2D eigenvalue weighted by molar-refractivity contribution is 7.89. The van der Waals surface area contributed by atoms with E-state index in [1.807, 2.05) is 0 Å². The Bertz CT molecular complexity index is 751. The van der Waals surface area contributed by atoms with Gasteiger partial charge in [0.2, 0.25) is 15.9 Å². The third kappa shape index (κ3) is 5.67. The van der Waals surface area contributed by atoms with Crippen LogP contribution in [0.3, 0.4) is 0 Å². The Morgan fingerprint density at radius 3 is 2.61 bits per heavy atom. The third-order valence-electron chi connectivity index (χ3n) is 5.26. The van der Waals surface area contributed by atoms with Crippen molar-refractivity contribution in [1.82, 2.24) is 14.5 Å². The van der Waals surface area contributed by atoms with Gasteiger partial charge in [-0.2, -0.15) is 4.31 Å². The van der Waals surface area contributed by atoms with Gasteiger partial charge in [-0.25, -0.2) is 8.42 Å². The molecule has 3 rings (SSSR count). The first-order valence-corrected chi connectivity index (χ1v) is 11.6. The zero-order chi connectivity index (χ0) is 20.0. The van der Waals surface area contributed by atoms with Crippen LogP contribution in [-0.2, 0) is 19.6 Å². The van der Waals surface area contributed by atoms with E-state index in [1.165, 1.54) is 16.4 Å². The third-order valence-corrected chi connectivity index (χ3v) is 7.39. The Hall–Kier alpha value is -1.19. The Morgan fingerprint density at radius 2 is 1.89 bits per heavy atom. The summed E-state index contributed by atoms with van der Waals surface area (Å²) in [7, 11) is -3.61. The van der Waals surface area contributed by atoms with Crippen LogP contribution in [0.25, 0.3) is 0 Å². The SMILES string of the molecule is O=C(NCCCN1CCOCC1)[C@H]1CCCN(S(=O)(=O)c2ccc(Cl)cc2)C1. The van der Waals surface area contributed by atoms with Crippen LogP contribution >= 0.6 is 11.6 Å². The number of hydrogen-bond acceptors (Lipinski definition) is 5. The molecule has 1 amide bonds. The van der Waals surface area contributed by atoms with Crippen LogP contribution in [0, 0.1) is 5.92 Å². The molecule has 0 unspecified atom stereocenters. The van der Waals surface area contributed by atoms with E-state index in [0.29, 0.717) is 31.0 Å². The molecule has 2 saturated heterocycles. The molecule has 0 bridgehead atoms. The Balaban J connectivity index is 1.48. The van der Waals surface area contributed by atoms with Gasteiger partial charge in [-0.05, 0) is 50.1 Å². The monoisotopic (exact) mass is 429 g/mol. The first-order valence-electron chi connectivity index (χ1n) is 9.80. The predicted octanol–water partition coefficient (Wildman–Crippen LogP) is 1.58. The van der Waals surface area contributed by atoms with Gasteiger partial charge in [0.05, 0.1) is 24.0 Å². The number of nitrogens with zero attached hydrogens (tertiary/aromatic N) is 2. The summed E-state index contributed by atoms with van der Waals surface area (Å²) >= 11 is 5.85. The second kappa shape index (κ2) is 10.0. The van der Waals surface area contributed by atoms with Crippen molar-refractivity contribution in [2.75, 3.05) is 52.5 Å². The van der Waals surface area contributed by atoms with Crippen molar-refractivity contribution in [3.8, 4) is 0 Å². The van der Waals surface area contributed by atoms with Gasteiger partial charge in [-0.1, -0.05) is 11.6 Å². The fraction of sp³-hybridized carbons (Fsp3) is 0.632. The average Bonchev–Trinajstić information content (AvgIpc) is 2.72. The molecule has 0 spiro atoms. The van der Waals surface area contributed by atoms with Gasteiger partial charge >= 0.3 is 0 Å². The van der Waals surface area contributed by atoms with E-state index in [1.54, 1.807) is 12.1 Å². The lowest BCUT2D eigenvalue weighted by atomic mass is 9.99. The van der Waals surface area contributed by atoms with E-state index in [9.17, 15) is 13.2 Å². The van der Waals surface area contributed by atoms with Crippen molar-refractivity contribution < 1.29 is 17.9 Å². The normalized spacial score (nSPS) is 22.1. The van der Waals surface area contributed by atoms with Gasteiger partial charge in [0.1, 0.15) is 0 Å². The molecule has 1 N–H and O–H groups in total. The van der Waals surface area contributed by atoms with Crippen molar-refractivity contribution in [2.45, 2.75) is 24.2 Å². The molecule has 2 fully saturated rings. The van der Waals surface area contributed by atoms with Crippen LogP contribution in [0.4, 0.5) is 0 Å². The van der Waals surface area contributed by atoms with Crippen molar-refractivity contribution in [2.24, 2.45) is 5.92 Å². The summed E-state index contributed by atoms with van der Waals surface area (Å²) in [6.07, 6.45) is 2.27. The van der Waals surface area contributed by atoms with Crippen LogP contribution in [0.2, 0.25) is 5.02 Å². The minimum atomic E-state index is -3.61. The van der Waals surface area contributed by atoms with Crippen LogP contribution in [0.15, 0.2) is 29.2 Å². The van der Waals surface area contributed by atoms with Crippen LogP contribution in [0.1, 0.15) is 19.3 Å². The largest absolute Gasteiger partial charge is 0.379 e. The maximum Gasteiger partial charge on any atom is 0.243 e. The molecule has 0 aliphatic carbocycles. The summed E-state index contributed by atoms with van der Waals surface area (Å²) in [4.78, 5) is 15.1. The first-order chi connectivity index (χ1) is 13.5.